The first kappa shape index (κ1) is 18.6. The molecule has 1 amide bonds. The molecule has 0 aliphatic carbocycles. The van der Waals surface area contributed by atoms with Crippen LogP contribution in [0.5, 0.6) is 0 Å². The van der Waals surface area contributed by atoms with E-state index < -0.39 is 5.97 Å². The van der Waals surface area contributed by atoms with Gasteiger partial charge in [0.1, 0.15) is 6.10 Å². The number of benzene rings is 1. The summed E-state index contributed by atoms with van der Waals surface area (Å²) < 4.78 is 10.8. The summed E-state index contributed by atoms with van der Waals surface area (Å²) in [7, 11) is 0. The normalized spacial score (nSPS) is 20.4. The molecule has 4 rings (SSSR count). The zero-order chi connectivity index (χ0) is 19.5. The zero-order valence-electron chi connectivity index (χ0n) is 15.4. The lowest BCUT2D eigenvalue weighted by Gasteiger charge is -2.35. The molecule has 2 aliphatic heterocycles. The van der Waals surface area contributed by atoms with Crippen molar-refractivity contribution in [2.75, 3.05) is 32.8 Å². The lowest BCUT2D eigenvalue weighted by atomic mass is 10.1. The Morgan fingerprint density at radius 1 is 1.14 bits per heavy atom. The van der Waals surface area contributed by atoms with E-state index in [0.29, 0.717) is 43.5 Å². The summed E-state index contributed by atoms with van der Waals surface area (Å²) in [5.74, 6) is 0.0508. The Labute approximate surface area is 161 Å². The number of hydrogen-bond acceptors (Lipinski definition) is 7. The molecule has 1 aromatic heterocycles. The molecule has 2 fully saturated rings. The average molecular weight is 386 g/mol. The molecular formula is C19H22N4O5. The second kappa shape index (κ2) is 8.07. The second-order valence-corrected chi connectivity index (χ2v) is 7.00. The van der Waals surface area contributed by atoms with Gasteiger partial charge in [-0.25, -0.2) is 4.79 Å². The van der Waals surface area contributed by atoms with Gasteiger partial charge in [-0.1, -0.05) is 17.3 Å². The number of carboxylic acids is 1. The van der Waals surface area contributed by atoms with Crippen LogP contribution in [0.2, 0.25) is 0 Å². The minimum absolute atomic E-state index is 0.0991. The van der Waals surface area contributed by atoms with Crippen LogP contribution in [0, 0.1) is 0 Å². The third kappa shape index (κ3) is 4.05. The fourth-order valence-corrected chi connectivity index (χ4v) is 3.49. The molecule has 28 heavy (non-hydrogen) atoms. The molecule has 1 aromatic carbocycles. The Hall–Kier alpha value is -2.78. The van der Waals surface area contributed by atoms with Crippen LogP contribution in [0.3, 0.4) is 0 Å². The first-order valence-electron chi connectivity index (χ1n) is 9.39. The number of piperazine rings is 1. The number of nitrogens with zero attached hydrogens (tertiary/aromatic N) is 4. The van der Waals surface area contributed by atoms with Crippen molar-refractivity contribution in [1.82, 2.24) is 19.9 Å². The number of aromatic nitrogens is 2. The molecule has 9 nitrogen and oxygen atoms in total. The molecule has 9 heteroatoms. The third-order valence-corrected chi connectivity index (χ3v) is 5.11. The first-order valence-corrected chi connectivity index (χ1v) is 9.39. The highest BCUT2D eigenvalue weighted by molar-refractivity contribution is 5.88. The molecule has 0 radical (unpaired) electrons. The quantitative estimate of drug-likeness (QED) is 0.818. The Morgan fingerprint density at radius 3 is 2.54 bits per heavy atom. The van der Waals surface area contributed by atoms with Crippen molar-refractivity contribution in [1.29, 1.82) is 0 Å². The van der Waals surface area contributed by atoms with E-state index in [0.717, 1.165) is 25.9 Å². The highest BCUT2D eigenvalue weighted by atomic mass is 16.5. The number of hydrogen-bond donors (Lipinski definition) is 1. The van der Waals surface area contributed by atoms with E-state index in [-0.39, 0.29) is 17.6 Å². The monoisotopic (exact) mass is 386 g/mol. The van der Waals surface area contributed by atoms with Gasteiger partial charge in [0.05, 0.1) is 12.1 Å². The van der Waals surface area contributed by atoms with Crippen LogP contribution < -0.4 is 0 Å². The standard InChI is InChI=1S/C19H22N4O5/c24-18(15-2-1-11-27-15)23-9-7-22(8-10-23)12-16-20-17(21-28-16)13-3-5-14(6-4-13)19(25)26/h3-6,15H,1-2,7-12H2,(H,25,26)/t15-/m0/s1. The van der Waals surface area contributed by atoms with Crippen molar-refractivity contribution in [2.45, 2.75) is 25.5 Å². The van der Waals surface area contributed by atoms with Crippen LogP contribution in [-0.2, 0) is 16.1 Å². The molecule has 0 bridgehead atoms. The van der Waals surface area contributed by atoms with Crippen LogP contribution >= 0.6 is 0 Å². The van der Waals surface area contributed by atoms with Crippen molar-refractivity contribution in [3.8, 4) is 11.4 Å². The predicted octanol–water partition coefficient (Wildman–Crippen LogP) is 1.26. The Kier molecular flexibility index (Phi) is 5.36. The topological polar surface area (TPSA) is 109 Å². The number of carboxylic acid groups (broad SMARTS) is 1. The van der Waals surface area contributed by atoms with Crippen LogP contribution in [0.15, 0.2) is 28.8 Å². The lowest BCUT2D eigenvalue weighted by Crippen LogP contribution is -2.51. The van der Waals surface area contributed by atoms with E-state index in [1.807, 2.05) is 4.90 Å². The van der Waals surface area contributed by atoms with Gasteiger partial charge in [-0.3, -0.25) is 9.69 Å². The SMILES string of the molecule is O=C(O)c1ccc(-c2noc(CN3CCN(C(=O)[C@@H]4CCCO4)CC3)n2)cc1. The van der Waals surface area contributed by atoms with E-state index in [9.17, 15) is 9.59 Å². The summed E-state index contributed by atoms with van der Waals surface area (Å²) in [5, 5.41) is 12.9. The average Bonchev–Trinajstić information content (AvgIpc) is 3.40. The van der Waals surface area contributed by atoms with Crippen molar-refractivity contribution < 1.29 is 24.0 Å². The van der Waals surface area contributed by atoms with Gasteiger partial charge >= 0.3 is 5.97 Å². The summed E-state index contributed by atoms with van der Waals surface area (Å²) >= 11 is 0. The number of carbonyl (C=O) groups is 2. The Bertz CT molecular complexity index is 836. The highest BCUT2D eigenvalue weighted by Gasteiger charge is 2.30. The number of rotatable bonds is 5. The van der Waals surface area contributed by atoms with Crippen LogP contribution in [0.1, 0.15) is 29.1 Å². The van der Waals surface area contributed by atoms with E-state index in [1.165, 1.54) is 12.1 Å². The zero-order valence-corrected chi connectivity index (χ0v) is 15.4. The number of aromatic carboxylic acids is 1. The molecule has 148 valence electrons. The van der Waals surface area contributed by atoms with Crippen LogP contribution in [0.4, 0.5) is 0 Å². The maximum atomic E-state index is 12.4. The Balaban J connectivity index is 1.31. The predicted molar refractivity (Wildman–Crippen MR) is 97.5 cm³/mol. The largest absolute Gasteiger partial charge is 0.478 e. The molecule has 0 spiro atoms. The molecule has 0 unspecified atom stereocenters. The molecule has 3 heterocycles. The fourth-order valence-electron chi connectivity index (χ4n) is 3.49. The second-order valence-electron chi connectivity index (χ2n) is 7.00. The van der Waals surface area contributed by atoms with E-state index in [2.05, 4.69) is 15.0 Å². The summed E-state index contributed by atoms with van der Waals surface area (Å²) in [5.41, 5.74) is 0.912. The smallest absolute Gasteiger partial charge is 0.335 e. The van der Waals surface area contributed by atoms with Gasteiger partial charge in [0.15, 0.2) is 0 Å². The highest BCUT2D eigenvalue weighted by Crippen LogP contribution is 2.19. The van der Waals surface area contributed by atoms with Crippen molar-refractivity contribution in [3.05, 3.63) is 35.7 Å². The van der Waals surface area contributed by atoms with Gasteiger partial charge in [0.25, 0.3) is 5.91 Å². The molecule has 2 aliphatic rings. The maximum absolute atomic E-state index is 12.4. The van der Waals surface area contributed by atoms with Gasteiger partial charge in [-0.05, 0) is 25.0 Å². The minimum atomic E-state index is -0.975. The van der Waals surface area contributed by atoms with Gasteiger partial charge in [0, 0.05) is 38.3 Å². The summed E-state index contributed by atoms with van der Waals surface area (Å²) in [4.78, 5) is 31.8. The summed E-state index contributed by atoms with van der Waals surface area (Å²) in [6, 6.07) is 6.34. The summed E-state index contributed by atoms with van der Waals surface area (Å²) in [6.07, 6.45) is 1.50. The van der Waals surface area contributed by atoms with Gasteiger partial charge in [-0.15, -0.1) is 0 Å². The van der Waals surface area contributed by atoms with Gasteiger partial charge < -0.3 is 19.3 Å². The fraction of sp³-hybridized carbons (Fsp3) is 0.474. The van der Waals surface area contributed by atoms with Crippen molar-refractivity contribution in [2.24, 2.45) is 0 Å². The lowest BCUT2D eigenvalue weighted by molar-refractivity contribution is -0.142. The summed E-state index contributed by atoms with van der Waals surface area (Å²) in [6.45, 7) is 4.00. The molecule has 1 N–H and O–H groups in total. The third-order valence-electron chi connectivity index (χ3n) is 5.11. The van der Waals surface area contributed by atoms with Crippen molar-refractivity contribution in [3.63, 3.8) is 0 Å². The molecule has 2 aromatic rings. The maximum Gasteiger partial charge on any atom is 0.335 e. The number of carbonyl (C=O) groups excluding carboxylic acids is 1. The Morgan fingerprint density at radius 2 is 1.89 bits per heavy atom. The van der Waals surface area contributed by atoms with Gasteiger partial charge in [-0.2, -0.15) is 4.98 Å². The molecule has 0 saturated carbocycles. The number of amides is 1. The van der Waals surface area contributed by atoms with Gasteiger partial charge in [0.2, 0.25) is 11.7 Å². The first-order chi connectivity index (χ1) is 13.6. The number of ether oxygens (including phenoxy) is 1. The minimum Gasteiger partial charge on any atom is -0.478 e. The molecular weight excluding hydrogens is 364 g/mol. The van der Waals surface area contributed by atoms with Crippen LogP contribution in [0.25, 0.3) is 11.4 Å². The van der Waals surface area contributed by atoms with Crippen LogP contribution in [-0.4, -0.2) is 75.8 Å². The van der Waals surface area contributed by atoms with Crippen molar-refractivity contribution >= 4 is 11.9 Å². The van der Waals surface area contributed by atoms with E-state index >= 15 is 0 Å². The van der Waals surface area contributed by atoms with E-state index in [1.54, 1.807) is 12.1 Å². The molecule has 2 saturated heterocycles. The van der Waals surface area contributed by atoms with E-state index in [4.69, 9.17) is 14.4 Å². The molecule has 1 atom stereocenters.